The first kappa shape index (κ1) is 32.4. The van der Waals surface area contributed by atoms with Gasteiger partial charge in [-0.05, 0) is 50.5 Å². The fourth-order valence-corrected chi connectivity index (χ4v) is 4.76. The predicted octanol–water partition coefficient (Wildman–Crippen LogP) is 2.61. The molecule has 4 aromatic rings. The van der Waals surface area contributed by atoms with Crippen molar-refractivity contribution in [2.45, 2.75) is 57.5 Å². The van der Waals surface area contributed by atoms with Gasteiger partial charge in [0.05, 0.1) is 23.5 Å². The van der Waals surface area contributed by atoms with E-state index < -0.39 is 23.8 Å². The number of carbonyl (C=O) groups excluding carboxylic acids is 2. The molecule has 1 aliphatic carbocycles. The van der Waals surface area contributed by atoms with Gasteiger partial charge >= 0.3 is 6.18 Å². The van der Waals surface area contributed by atoms with Crippen molar-refractivity contribution >= 4 is 35.4 Å². The summed E-state index contributed by atoms with van der Waals surface area (Å²) in [6.07, 6.45) is 2.00. The van der Waals surface area contributed by atoms with Crippen LogP contribution in [0, 0.1) is 18.3 Å². The van der Waals surface area contributed by atoms with E-state index in [0.717, 1.165) is 10.9 Å². The number of carboxylic acid groups (broad SMARTS) is 1. The normalized spacial score (nSPS) is 16.4. The smallest absolute Gasteiger partial charge is 0.435 e. The number of amides is 2. The van der Waals surface area contributed by atoms with Gasteiger partial charge in [-0.1, -0.05) is 0 Å². The summed E-state index contributed by atoms with van der Waals surface area (Å²) in [7, 11) is 0. The predicted molar refractivity (Wildman–Crippen MR) is 154 cm³/mol. The molecule has 1 aromatic carbocycles. The van der Waals surface area contributed by atoms with Crippen LogP contribution in [0.1, 0.15) is 41.4 Å². The number of nitriles is 1. The van der Waals surface area contributed by atoms with Crippen LogP contribution in [0.5, 0.6) is 0 Å². The summed E-state index contributed by atoms with van der Waals surface area (Å²) >= 11 is 0. The van der Waals surface area contributed by atoms with E-state index in [1.54, 1.807) is 38.1 Å². The Kier molecular flexibility index (Phi) is 9.67. The molecule has 0 bridgehead atoms. The maximum Gasteiger partial charge on any atom is 0.435 e. The molecule has 3 heterocycles. The van der Waals surface area contributed by atoms with E-state index >= 15 is 0 Å². The van der Waals surface area contributed by atoms with Crippen molar-refractivity contribution < 1.29 is 32.7 Å². The van der Waals surface area contributed by atoms with Gasteiger partial charge in [0.15, 0.2) is 17.2 Å². The Morgan fingerprint density at radius 3 is 2.62 bits per heavy atom. The number of hydrogen-bond donors (Lipinski definition) is 5. The number of nitrogens with two attached hydrogens (primary N) is 1. The van der Waals surface area contributed by atoms with E-state index in [1.807, 2.05) is 0 Å². The quantitative estimate of drug-likeness (QED) is 0.181. The minimum Gasteiger partial charge on any atom is -0.483 e. The molecule has 17 heteroatoms. The number of anilines is 2. The van der Waals surface area contributed by atoms with Crippen molar-refractivity contribution in [3.8, 4) is 17.3 Å². The second-order valence-electron chi connectivity index (χ2n) is 10.2. The number of carbonyl (C=O) groups is 3. The van der Waals surface area contributed by atoms with E-state index in [9.17, 15) is 22.8 Å². The van der Waals surface area contributed by atoms with Crippen molar-refractivity contribution in [3.05, 3.63) is 59.8 Å². The Morgan fingerprint density at radius 1 is 1.29 bits per heavy atom. The number of aromatic nitrogens is 5. The molecule has 1 fully saturated rings. The van der Waals surface area contributed by atoms with Gasteiger partial charge < -0.3 is 26.8 Å². The minimum atomic E-state index is -4.74. The van der Waals surface area contributed by atoms with Crippen molar-refractivity contribution in [1.82, 2.24) is 34.8 Å². The van der Waals surface area contributed by atoms with Crippen LogP contribution in [-0.2, 0) is 22.3 Å². The van der Waals surface area contributed by atoms with Gasteiger partial charge in [-0.15, -0.1) is 0 Å². The molecule has 1 atom stereocenters. The van der Waals surface area contributed by atoms with Gasteiger partial charge in [0, 0.05) is 41.9 Å². The summed E-state index contributed by atoms with van der Waals surface area (Å²) in [4.78, 5) is 42.2. The lowest BCUT2D eigenvalue weighted by Crippen LogP contribution is -2.54. The van der Waals surface area contributed by atoms with Crippen LogP contribution >= 0.6 is 0 Å². The molecule has 45 heavy (non-hydrogen) atoms. The standard InChI is InChI=1S/C27H27F3N10O2.CH2O2/c1-14-9-17(3-4-19(14)26(42)35-15(2)25(41)37-18-10-16(32)11-18)36-23-24-34-12-21(40(24)8-6-33-23)20-13-39(7-5-31)38-22(20)27(28,29)30;2-1-3/h3-4,6,8-9,12-13,15-16,18H,7,10-11,32H2,1-2H3,(H,33,36)(H,35,42)(H,37,41);1H,(H,2,3). The van der Waals surface area contributed by atoms with Crippen LogP contribution in [0.15, 0.2) is 43.0 Å². The Balaban J connectivity index is 0.00000148. The number of nitrogens with zero attached hydrogens (tertiary/aromatic N) is 6. The number of aryl methyl sites for hydroxylation is 1. The maximum atomic E-state index is 13.7. The van der Waals surface area contributed by atoms with E-state index in [-0.39, 0.29) is 53.7 Å². The average Bonchev–Trinajstić information content (AvgIpc) is 3.58. The zero-order valence-corrected chi connectivity index (χ0v) is 24.0. The monoisotopic (exact) mass is 626 g/mol. The van der Waals surface area contributed by atoms with Crippen LogP contribution in [0.3, 0.4) is 0 Å². The van der Waals surface area contributed by atoms with Gasteiger partial charge in [0.1, 0.15) is 12.6 Å². The average molecular weight is 627 g/mol. The summed E-state index contributed by atoms with van der Waals surface area (Å²) in [5.74, 6) is -0.434. The van der Waals surface area contributed by atoms with Crippen molar-refractivity contribution in [1.29, 1.82) is 5.26 Å². The van der Waals surface area contributed by atoms with E-state index in [2.05, 4.69) is 31.0 Å². The molecule has 0 saturated heterocycles. The first-order valence-electron chi connectivity index (χ1n) is 13.5. The van der Waals surface area contributed by atoms with E-state index in [4.69, 9.17) is 20.9 Å². The third-order valence-corrected chi connectivity index (χ3v) is 6.96. The third kappa shape index (κ3) is 7.36. The number of rotatable bonds is 8. The van der Waals surface area contributed by atoms with Crippen LogP contribution in [-0.4, -0.2) is 65.7 Å². The zero-order chi connectivity index (χ0) is 32.9. The number of fused-ring (bicyclic) bond motifs is 1. The Hall–Kier alpha value is -5.50. The lowest BCUT2D eigenvalue weighted by molar-refractivity contribution is -0.141. The highest BCUT2D eigenvalue weighted by atomic mass is 19.4. The topological polar surface area (TPSA) is 205 Å². The van der Waals surface area contributed by atoms with Gasteiger partial charge in [-0.2, -0.15) is 23.5 Å². The highest BCUT2D eigenvalue weighted by Crippen LogP contribution is 2.37. The Morgan fingerprint density at radius 2 is 2.00 bits per heavy atom. The molecule has 14 nitrogen and oxygen atoms in total. The molecule has 0 radical (unpaired) electrons. The summed E-state index contributed by atoms with van der Waals surface area (Å²) in [5, 5.41) is 28.0. The fraction of sp³-hybridized carbons (Fsp3) is 0.321. The van der Waals surface area contributed by atoms with Crippen molar-refractivity contribution in [2.75, 3.05) is 5.32 Å². The lowest BCUT2D eigenvalue weighted by atomic mass is 9.87. The second kappa shape index (κ2) is 13.4. The molecule has 5 rings (SSSR count). The number of alkyl halides is 3. The van der Waals surface area contributed by atoms with Crippen molar-refractivity contribution in [2.24, 2.45) is 5.73 Å². The van der Waals surface area contributed by atoms with Gasteiger partial charge in [0.25, 0.3) is 12.4 Å². The lowest BCUT2D eigenvalue weighted by Gasteiger charge is -2.33. The second-order valence-corrected chi connectivity index (χ2v) is 10.2. The molecule has 0 aliphatic heterocycles. The largest absolute Gasteiger partial charge is 0.483 e. The van der Waals surface area contributed by atoms with Gasteiger partial charge in [-0.25, -0.2) is 9.97 Å². The van der Waals surface area contributed by atoms with Gasteiger partial charge in [-0.3, -0.25) is 23.5 Å². The molecule has 2 amide bonds. The molecule has 0 spiro atoms. The minimum absolute atomic E-state index is 0.0242. The van der Waals surface area contributed by atoms with Crippen LogP contribution in [0.2, 0.25) is 0 Å². The van der Waals surface area contributed by atoms with Crippen LogP contribution in [0.25, 0.3) is 16.9 Å². The van der Waals surface area contributed by atoms with Crippen LogP contribution in [0.4, 0.5) is 24.7 Å². The van der Waals surface area contributed by atoms with E-state index in [0.29, 0.717) is 29.7 Å². The number of nitrogens with one attached hydrogen (secondary N) is 3. The molecule has 6 N–H and O–H groups in total. The number of halogens is 3. The molecule has 1 saturated carbocycles. The molecular weight excluding hydrogens is 597 g/mol. The highest BCUT2D eigenvalue weighted by molar-refractivity contribution is 5.99. The summed E-state index contributed by atoms with van der Waals surface area (Å²) in [5.41, 5.74) is 6.30. The number of hydrogen-bond acceptors (Lipinski definition) is 9. The van der Waals surface area contributed by atoms with E-state index in [1.165, 1.54) is 23.0 Å². The Labute approximate surface area is 254 Å². The molecule has 1 aliphatic rings. The first-order valence-corrected chi connectivity index (χ1v) is 13.5. The summed E-state index contributed by atoms with van der Waals surface area (Å²) in [6.45, 7) is 2.75. The zero-order valence-electron chi connectivity index (χ0n) is 24.0. The highest BCUT2D eigenvalue weighted by Gasteiger charge is 2.38. The molecule has 3 aromatic heterocycles. The maximum absolute atomic E-state index is 13.7. The molecule has 236 valence electrons. The number of imidazole rings is 1. The van der Waals surface area contributed by atoms with Gasteiger partial charge in [0.2, 0.25) is 5.91 Å². The summed E-state index contributed by atoms with van der Waals surface area (Å²) < 4.78 is 43.5. The first-order chi connectivity index (χ1) is 21.4. The van der Waals surface area contributed by atoms with Crippen LogP contribution < -0.4 is 21.7 Å². The number of benzene rings is 1. The van der Waals surface area contributed by atoms with Crippen molar-refractivity contribution in [3.63, 3.8) is 0 Å². The summed E-state index contributed by atoms with van der Waals surface area (Å²) in [6, 6.07) is 6.10. The molecule has 1 unspecified atom stereocenters. The third-order valence-electron chi connectivity index (χ3n) is 6.96. The molecular formula is C28H29F3N10O4. The Bertz CT molecular complexity index is 1760. The SMILES string of the molecule is Cc1cc(Nc2nccn3c(-c4cn(CC#N)nc4C(F)(F)F)cnc23)ccc1C(=O)NC(C)C(=O)NC1CC(N)C1.O=CO. The fourth-order valence-electron chi connectivity index (χ4n) is 4.76.